The molecule has 0 aliphatic heterocycles. The molecule has 0 saturated carbocycles. The Morgan fingerprint density at radius 2 is 1.85 bits per heavy atom. The van der Waals surface area contributed by atoms with Gasteiger partial charge in [0.15, 0.2) is 0 Å². The zero-order valence-corrected chi connectivity index (χ0v) is 12.6. The van der Waals surface area contributed by atoms with Crippen LogP contribution in [-0.4, -0.2) is 48.3 Å². The van der Waals surface area contributed by atoms with E-state index in [-0.39, 0.29) is 23.0 Å². The van der Waals surface area contributed by atoms with Gasteiger partial charge in [-0.1, -0.05) is 11.6 Å². The number of likely N-dealkylation sites (N-methyl/N-ethyl adjacent to an activating group) is 2. The smallest absolute Gasteiger partial charge is 0.255 e. The van der Waals surface area contributed by atoms with E-state index in [2.05, 4.69) is 0 Å². The van der Waals surface area contributed by atoms with Crippen LogP contribution in [0.5, 0.6) is 0 Å². The summed E-state index contributed by atoms with van der Waals surface area (Å²) in [4.78, 5) is 27.0. The van der Waals surface area contributed by atoms with E-state index in [1.54, 1.807) is 4.90 Å². The highest BCUT2D eigenvalue weighted by Gasteiger charge is 2.19. The molecule has 0 heterocycles. The van der Waals surface area contributed by atoms with Gasteiger partial charge in [0.1, 0.15) is 5.82 Å². The molecule has 20 heavy (non-hydrogen) atoms. The number of halogens is 2. The van der Waals surface area contributed by atoms with Crippen LogP contribution in [0.4, 0.5) is 4.39 Å². The Morgan fingerprint density at radius 1 is 1.25 bits per heavy atom. The lowest BCUT2D eigenvalue weighted by Gasteiger charge is -2.23. The molecule has 0 fully saturated rings. The van der Waals surface area contributed by atoms with Crippen LogP contribution in [0, 0.1) is 5.82 Å². The summed E-state index contributed by atoms with van der Waals surface area (Å²) in [7, 11) is 1.52. The highest BCUT2D eigenvalue weighted by Crippen LogP contribution is 2.18. The van der Waals surface area contributed by atoms with E-state index in [1.165, 1.54) is 24.1 Å². The van der Waals surface area contributed by atoms with Crippen LogP contribution in [0.2, 0.25) is 5.02 Å². The van der Waals surface area contributed by atoms with Crippen molar-refractivity contribution in [3.63, 3.8) is 0 Å². The molecule has 0 N–H and O–H groups in total. The van der Waals surface area contributed by atoms with Crippen LogP contribution in [0.15, 0.2) is 18.2 Å². The minimum Gasteiger partial charge on any atom is -0.342 e. The minimum atomic E-state index is -0.506. The van der Waals surface area contributed by atoms with Gasteiger partial charge in [0, 0.05) is 20.1 Å². The SMILES string of the molecule is CCN(CC)C(=O)CN(C)C(=O)c1ccc(F)cc1Cl. The summed E-state index contributed by atoms with van der Waals surface area (Å²) < 4.78 is 12.9. The van der Waals surface area contributed by atoms with Gasteiger partial charge in [-0.05, 0) is 32.0 Å². The number of hydrogen-bond donors (Lipinski definition) is 0. The molecule has 0 saturated heterocycles. The van der Waals surface area contributed by atoms with Gasteiger partial charge in [0.05, 0.1) is 17.1 Å². The molecule has 0 atom stereocenters. The summed E-state index contributed by atoms with van der Waals surface area (Å²) in [6.07, 6.45) is 0. The van der Waals surface area contributed by atoms with Crippen LogP contribution in [0.25, 0.3) is 0 Å². The predicted octanol–water partition coefficient (Wildman–Crippen LogP) is 2.42. The van der Waals surface area contributed by atoms with E-state index in [1.807, 2.05) is 13.8 Å². The maximum absolute atomic E-state index is 12.9. The van der Waals surface area contributed by atoms with E-state index < -0.39 is 11.7 Å². The first-order chi connectivity index (χ1) is 9.40. The quantitative estimate of drug-likeness (QED) is 0.838. The topological polar surface area (TPSA) is 40.6 Å². The van der Waals surface area contributed by atoms with Crippen molar-refractivity contribution < 1.29 is 14.0 Å². The summed E-state index contributed by atoms with van der Waals surface area (Å²) >= 11 is 5.84. The fourth-order valence-corrected chi connectivity index (χ4v) is 2.07. The van der Waals surface area contributed by atoms with Crippen molar-refractivity contribution in [2.75, 3.05) is 26.7 Å². The molecule has 1 aromatic rings. The van der Waals surface area contributed by atoms with Crippen molar-refractivity contribution in [3.8, 4) is 0 Å². The van der Waals surface area contributed by atoms with Gasteiger partial charge >= 0.3 is 0 Å². The lowest BCUT2D eigenvalue weighted by atomic mass is 10.2. The average molecular weight is 301 g/mol. The van der Waals surface area contributed by atoms with Crippen molar-refractivity contribution >= 4 is 23.4 Å². The second kappa shape index (κ2) is 7.24. The predicted molar refractivity (Wildman–Crippen MR) is 76.3 cm³/mol. The standard InChI is InChI=1S/C14H18ClFN2O2/c1-4-18(5-2)13(19)9-17(3)14(20)11-7-6-10(16)8-12(11)15/h6-8H,4-5,9H2,1-3H3. The Labute approximate surface area is 123 Å². The van der Waals surface area contributed by atoms with E-state index in [0.717, 1.165) is 6.07 Å². The summed E-state index contributed by atoms with van der Waals surface area (Å²) in [6.45, 7) is 4.90. The number of carbonyl (C=O) groups excluding carboxylic acids is 2. The van der Waals surface area contributed by atoms with Gasteiger partial charge in [0.25, 0.3) is 5.91 Å². The first kappa shape index (κ1) is 16.4. The van der Waals surface area contributed by atoms with Crippen LogP contribution in [-0.2, 0) is 4.79 Å². The molecule has 0 bridgehead atoms. The maximum Gasteiger partial charge on any atom is 0.255 e. The minimum absolute atomic E-state index is 0.0335. The van der Waals surface area contributed by atoms with Crippen molar-refractivity contribution in [1.29, 1.82) is 0 Å². The van der Waals surface area contributed by atoms with Crippen LogP contribution in [0.1, 0.15) is 24.2 Å². The molecule has 0 aromatic heterocycles. The van der Waals surface area contributed by atoms with Crippen molar-refractivity contribution in [1.82, 2.24) is 9.80 Å². The first-order valence-corrected chi connectivity index (χ1v) is 6.76. The first-order valence-electron chi connectivity index (χ1n) is 6.39. The lowest BCUT2D eigenvalue weighted by molar-refractivity contribution is -0.131. The summed E-state index contributed by atoms with van der Waals surface area (Å²) in [5, 5.41) is 0.0390. The van der Waals surface area contributed by atoms with E-state index in [9.17, 15) is 14.0 Å². The molecule has 0 aliphatic carbocycles. The maximum atomic E-state index is 12.9. The average Bonchev–Trinajstić information content (AvgIpc) is 2.39. The number of benzene rings is 1. The Hall–Kier alpha value is -1.62. The highest BCUT2D eigenvalue weighted by atomic mass is 35.5. The lowest BCUT2D eigenvalue weighted by Crippen LogP contribution is -2.41. The molecular weight excluding hydrogens is 283 g/mol. The third-order valence-corrected chi connectivity index (χ3v) is 3.31. The number of hydrogen-bond acceptors (Lipinski definition) is 2. The van der Waals surface area contributed by atoms with Gasteiger partial charge in [-0.25, -0.2) is 4.39 Å². The molecular formula is C14H18ClFN2O2. The Morgan fingerprint density at radius 3 is 2.35 bits per heavy atom. The molecule has 1 rings (SSSR count). The number of carbonyl (C=O) groups is 2. The molecule has 6 heteroatoms. The molecule has 2 amide bonds. The zero-order valence-electron chi connectivity index (χ0n) is 11.8. The van der Waals surface area contributed by atoms with Crippen LogP contribution in [0.3, 0.4) is 0 Å². The Balaban J connectivity index is 2.79. The molecule has 4 nitrogen and oxygen atoms in total. The molecule has 0 aliphatic rings. The van der Waals surface area contributed by atoms with Gasteiger partial charge < -0.3 is 9.80 Å². The third-order valence-electron chi connectivity index (χ3n) is 3.00. The largest absolute Gasteiger partial charge is 0.342 e. The van der Waals surface area contributed by atoms with E-state index >= 15 is 0 Å². The summed E-state index contributed by atoms with van der Waals surface area (Å²) in [6, 6.07) is 3.56. The van der Waals surface area contributed by atoms with E-state index in [0.29, 0.717) is 13.1 Å². The monoisotopic (exact) mass is 300 g/mol. The van der Waals surface area contributed by atoms with Gasteiger partial charge in [-0.2, -0.15) is 0 Å². The van der Waals surface area contributed by atoms with Gasteiger partial charge in [0.2, 0.25) is 5.91 Å². The number of amides is 2. The molecule has 0 radical (unpaired) electrons. The molecule has 1 aromatic carbocycles. The molecule has 0 unspecified atom stereocenters. The van der Waals surface area contributed by atoms with E-state index in [4.69, 9.17) is 11.6 Å². The Bertz CT molecular complexity index is 504. The van der Waals surface area contributed by atoms with Crippen LogP contribution >= 0.6 is 11.6 Å². The fraction of sp³-hybridized carbons (Fsp3) is 0.429. The summed E-state index contributed by atoms with van der Waals surface area (Å²) in [5.41, 5.74) is 0.183. The second-order valence-electron chi connectivity index (χ2n) is 4.35. The molecule has 0 spiro atoms. The third kappa shape index (κ3) is 3.93. The summed E-state index contributed by atoms with van der Waals surface area (Å²) in [5.74, 6) is -1.05. The zero-order chi connectivity index (χ0) is 15.3. The molecule has 110 valence electrons. The van der Waals surface area contributed by atoms with Crippen LogP contribution < -0.4 is 0 Å². The van der Waals surface area contributed by atoms with Crippen molar-refractivity contribution in [2.45, 2.75) is 13.8 Å². The van der Waals surface area contributed by atoms with Gasteiger partial charge in [-0.15, -0.1) is 0 Å². The Kier molecular flexibility index (Phi) is 5.95. The normalized spacial score (nSPS) is 10.2. The second-order valence-corrected chi connectivity index (χ2v) is 4.76. The van der Waals surface area contributed by atoms with Gasteiger partial charge in [-0.3, -0.25) is 9.59 Å². The van der Waals surface area contributed by atoms with Crippen molar-refractivity contribution in [2.24, 2.45) is 0 Å². The fourth-order valence-electron chi connectivity index (χ4n) is 1.82. The number of rotatable bonds is 5. The highest BCUT2D eigenvalue weighted by molar-refractivity contribution is 6.33. The number of nitrogens with zero attached hydrogens (tertiary/aromatic N) is 2. The van der Waals surface area contributed by atoms with Crippen molar-refractivity contribution in [3.05, 3.63) is 34.6 Å².